The zero-order valence-electron chi connectivity index (χ0n) is 5.84. The van der Waals surface area contributed by atoms with Gasteiger partial charge < -0.3 is 0 Å². The highest BCUT2D eigenvalue weighted by atomic mass is 32.2. The van der Waals surface area contributed by atoms with Crippen molar-refractivity contribution in [3.8, 4) is 0 Å². The molecule has 0 unspecified atom stereocenters. The summed E-state index contributed by atoms with van der Waals surface area (Å²) in [6.45, 7) is 0.626. The van der Waals surface area contributed by atoms with Crippen LogP contribution in [-0.4, -0.2) is 27.0 Å². The highest BCUT2D eigenvalue weighted by Crippen LogP contribution is 2.23. The molecule has 0 saturated carbocycles. The third-order valence-corrected chi connectivity index (χ3v) is 1.42. The maximum absolute atomic E-state index is 11.6. The van der Waals surface area contributed by atoms with E-state index in [4.69, 9.17) is 0 Å². The Bertz CT molecular complexity index is 217. The van der Waals surface area contributed by atoms with Gasteiger partial charge in [0.1, 0.15) is 0 Å². The molecule has 0 aliphatic carbocycles. The molecule has 1 atom stereocenters. The number of alkyl halides is 3. The highest BCUT2D eigenvalue weighted by molar-refractivity contribution is 7.86. The van der Waals surface area contributed by atoms with Crippen LogP contribution in [0.15, 0.2) is 0 Å². The quantitative estimate of drug-likeness (QED) is 0.611. The average molecular weight is 192 g/mol. The maximum atomic E-state index is 11.6. The first-order valence-electron chi connectivity index (χ1n) is 2.58. The topological polar surface area (TPSA) is 43.4 Å². The molecule has 3 nitrogen and oxygen atoms in total. The Hall–Kier alpha value is -0.300. The largest absolute Gasteiger partial charge is 0.415 e. The fraction of sp³-hybridized carbons (Fsp3) is 1.00. The molecule has 0 saturated heterocycles. The molecular formula is C4H7F3O3S. The van der Waals surface area contributed by atoms with Gasteiger partial charge in [-0.1, -0.05) is 0 Å². The van der Waals surface area contributed by atoms with Crippen molar-refractivity contribution in [1.82, 2.24) is 0 Å². The molecule has 0 aromatic heterocycles. The molecule has 0 heterocycles. The lowest BCUT2D eigenvalue weighted by molar-refractivity contribution is -0.188. The zero-order chi connectivity index (χ0) is 9.28. The number of halogens is 3. The smallest absolute Gasteiger partial charge is 0.258 e. The summed E-state index contributed by atoms with van der Waals surface area (Å²) >= 11 is 0. The standard InChI is InChI=1S/C4H7F3O3S/c1-3(4(5,6)7)10-11(2,8)9/h3H,1-2H3/t3-/m0/s1. The third kappa shape index (κ3) is 5.02. The van der Waals surface area contributed by atoms with E-state index >= 15 is 0 Å². The summed E-state index contributed by atoms with van der Waals surface area (Å²) in [6, 6.07) is 0. The maximum Gasteiger partial charge on any atom is 0.415 e. The van der Waals surface area contributed by atoms with Gasteiger partial charge in [0.2, 0.25) is 0 Å². The van der Waals surface area contributed by atoms with Crippen LogP contribution in [0.3, 0.4) is 0 Å². The van der Waals surface area contributed by atoms with Crippen molar-refractivity contribution in [2.75, 3.05) is 6.26 Å². The van der Waals surface area contributed by atoms with E-state index < -0.39 is 22.4 Å². The molecule has 0 aliphatic rings. The minimum Gasteiger partial charge on any atom is -0.258 e. The van der Waals surface area contributed by atoms with Crippen LogP contribution in [0, 0.1) is 0 Å². The van der Waals surface area contributed by atoms with E-state index in [2.05, 4.69) is 4.18 Å². The van der Waals surface area contributed by atoms with Gasteiger partial charge in [-0.25, -0.2) is 0 Å². The van der Waals surface area contributed by atoms with E-state index in [-0.39, 0.29) is 0 Å². The minimum absolute atomic E-state index is 0.565. The van der Waals surface area contributed by atoms with Crippen molar-refractivity contribution in [2.24, 2.45) is 0 Å². The van der Waals surface area contributed by atoms with Crippen LogP contribution >= 0.6 is 0 Å². The predicted molar refractivity (Wildman–Crippen MR) is 31.4 cm³/mol. The van der Waals surface area contributed by atoms with E-state index in [0.717, 1.165) is 0 Å². The van der Waals surface area contributed by atoms with Crippen molar-refractivity contribution >= 4 is 10.1 Å². The molecule has 0 rings (SSSR count). The number of hydrogen-bond donors (Lipinski definition) is 0. The summed E-state index contributed by atoms with van der Waals surface area (Å²) in [5.41, 5.74) is 0. The van der Waals surface area contributed by atoms with Gasteiger partial charge in [0.25, 0.3) is 10.1 Å². The van der Waals surface area contributed by atoms with Crippen LogP contribution in [0.1, 0.15) is 6.92 Å². The lowest BCUT2D eigenvalue weighted by Crippen LogP contribution is -2.30. The van der Waals surface area contributed by atoms with Crippen LogP contribution in [0.2, 0.25) is 0 Å². The van der Waals surface area contributed by atoms with Crippen LogP contribution in [0.4, 0.5) is 13.2 Å². The summed E-state index contributed by atoms with van der Waals surface area (Å²) in [5, 5.41) is 0. The van der Waals surface area contributed by atoms with Crippen LogP contribution in [0.25, 0.3) is 0 Å². The minimum atomic E-state index is -4.64. The second-order valence-electron chi connectivity index (χ2n) is 1.98. The van der Waals surface area contributed by atoms with Gasteiger partial charge >= 0.3 is 6.18 Å². The molecule has 0 radical (unpaired) electrons. The second-order valence-corrected chi connectivity index (χ2v) is 3.58. The first-order chi connectivity index (χ1) is 4.63. The molecule has 0 aromatic carbocycles. The molecule has 0 aliphatic heterocycles. The Labute approximate surface area is 62.3 Å². The van der Waals surface area contributed by atoms with E-state index in [9.17, 15) is 21.6 Å². The molecule has 11 heavy (non-hydrogen) atoms. The molecule has 0 bridgehead atoms. The second kappa shape index (κ2) is 2.98. The SMILES string of the molecule is C[C@H](OS(C)(=O)=O)C(F)(F)F. The predicted octanol–water partition coefficient (Wildman–Crippen LogP) is 0.913. The average Bonchev–Trinajstić information content (AvgIpc) is 1.56. The highest BCUT2D eigenvalue weighted by Gasteiger charge is 2.39. The normalized spacial score (nSPS) is 16.5. The molecule has 0 N–H and O–H groups in total. The molecule has 0 amide bonds. The Morgan fingerprint density at radius 3 is 1.82 bits per heavy atom. The van der Waals surface area contributed by atoms with Gasteiger partial charge in [0.15, 0.2) is 6.10 Å². The Morgan fingerprint density at radius 1 is 1.36 bits per heavy atom. The molecule has 0 spiro atoms. The summed E-state index contributed by atoms with van der Waals surface area (Å²) in [4.78, 5) is 0. The monoisotopic (exact) mass is 192 g/mol. The van der Waals surface area contributed by atoms with E-state index in [1.165, 1.54) is 0 Å². The Balaban J connectivity index is 4.21. The van der Waals surface area contributed by atoms with Crippen molar-refractivity contribution < 1.29 is 25.8 Å². The van der Waals surface area contributed by atoms with Gasteiger partial charge in [-0.2, -0.15) is 21.6 Å². The molecular weight excluding hydrogens is 185 g/mol. The van der Waals surface area contributed by atoms with E-state index in [1.807, 2.05) is 0 Å². The summed E-state index contributed by atoms with van der Waals surface area (Å²) < 4.78 is 58.8. The first kappa shape index (κ1) is 10.7. The number of hydrogen-bond acceptors (Lipinski definition) is 3. The van der Waals surface area contributed by atoms with E-state index in [1.54, 1.807) is 0 Å². The summed E-state index contributed by atoms with van der Waals surface area (Å²) in [5.74, 6) is 0. The Kier molecular flexibility index (Phi) is 2.90. The van der Waals surface area contributed by atoms with Crippen molar-refractivity contribution in [1.29, 1.82) is 0 Å². The zero-order valence-corrected chi connectivity index (χ0v) is 6.66. The molecule has 0 aromatic rings. The van der Waals surface area contributed by atoms with Crippen LogP contribution in [-0.2, 0) is 14.3 Å². The molecule has 0 fully saturated rings. The lowest BCUT2D eigenvalue weighted by atomic mass is 10.4. The first-order valence-corrected chi connectivity index (χ1v) is 4.39. The fourth-order valence-corrected chi connectivity index (χ4v) is 0.950. The lowest BCUT2D eigenvalue weighted by Gasteiger charge is -2.13. The summed E-state index contributed by atoms with van der Waals surface area (Å²) in [7, 11) is -4.03. The van der Waals surface area contributed by atoms with Gasteiger partial charge in [-0.15, -0.1) is 0 Å². The summed E-state index contributed by atoms with van der Waals surface area (Å²) in [6.07, 6.45) is -6.35. The third-order valence-electron chi connectivity index (χ3n) is 0.780. The van der Waals surface area contributed by atoms with Gasteiger partial charge in [-0.3, -0.25) is 4.18 Å². The molecule has 7 heteroatoms. The van der Waals surface area contributed by atoms with Crippen LogP contribution in [0.5, 0.6) is 0 Å². The fourth-order valence-electron chi connectivity index (χ4n) is 0.317. The van der Waals surface area contributed by atoms with Gasteiger partial charge in [0.05, 0.1) is 6.26 Å². The van der Waals surface area contributed by atoms with Crippen molar-refractivity contribution in [2.45, 2.75) is 19.2 Å². The van der Waals surface area contributed by atoms with Crippen molar-refractivity contribution in [3.63, 3.8) is 0 Å². The number of rotatable bonds is 2. The Morgan fingerprint density at radius 2 is 1.73 bits per heavy atom. The molecule has 68 valence electrons. The van der Waals surface area contributed by atoms with Crippen molar-refractivity contribution in [3.05, 3.63) is 0 Å². The van der Waals surface area contributed by atoms with Crippen LogP contribution < -0.4 is 0 Å². The van der Waals surface area contributed by atoms with Gasteiger partial charge in [-0.05, 0) is 6.92 Å². The van der Waals surface area contributed by atoms with Gasteiger partial charge in [0, 0.05) is 0 Å². The van der Waals surface area contributed by atoms with E-state index in [0.29, 0.717) is 13.2 Å².